The van der Waals surface area contributed by atoms with Gasteiger partial charge in [-0.1, -0.05) is 30.3 Å². The van der Waals surface area contributed by atoms with Crippen molar-refractivity contribution in [1.82, 2.24) is 0 Å². The van der Waals surface area contributed by atoms with Gasteiger partial charge in [-0.05, 0) is 24.8 Å². The van der Waals surface area contributed by atoms with Crippen molar-refractivity contribution in [1.29, 1.82) is 0 Å². The van der Waals surface area contributed by atoms with Crippen LogP contribution in [0.5, 0.6) is 0 Å². The fraction of sp³-hybridized carbons (Fsp3) is 0.538. The van der Waals surface area contributed by atoms with Gasteiger partial charge in [-0.15, -0.1) is 0 Å². The van der Waals surface area contributed by atoms with Crippen LogP contribution in [0.4, 0.5) is 13.2 Å². The Morgan fingerprint density at radius 2 is 1.83 bits per heavy atom. The Morgan fingerprint density at radius 3 is 2.33 bits per heavy atom. The monoisotopic (exact) mass is 274 g/mol. The average molecular weight is 274 g/mol. The molecule has 1 nitrogen and oxygen atoms in total. The first-order valence-corrected chi connectivity index (χ1v) is 7.19. The number of hydrogen-bond donors (Lipinski definition) is 0. The van der Waals surface area contributed by atoms with Gasteiger partial charge in [0.2, 0.25) is 0 Å². The molecule has 1 aliphatic rings. The summed E-state index contributed by atoms with van der Waals surface area (Å²) in [5.41, 5.74) is 0.321. The molecule has 1 saturated heterocycles. The molecular weight excluding hydrogens is 257 g/mol. The second-order valence-corrected chi connectivity index (χ2v) is 6.70. The van der Waals surface area contributed by atoms with Crippen LogP contribution in [0.15, 0.2) is 30.3 Å². The molecule has 0 N–H and O–H groups in total. The molecule has 2 unspecified atom stereocenters. The Bertz CT molecular complexity index is 385. The van der Waals surface area contributed by atoms with Crippen LogP contribution in [0.3, 0.4) is 0 Å². The van der Waals surface area contributed by atoms with Gasteiger partial charge in [-0.2, -0.15) is 13.2 Å². The van der Waals surface area contributed by atoms with Gasteiger partial charge < -0.3 is 4.74 Å². The van der Waals surface area contributed by atoms with Crippen molar-refractivity contribution in [2.24, 2.45) is 0 Å². The summed E-state index contributed by atoms with van der Waals surface area (Å²) < 4.78 is 45.7. The third kappa shape index (κ3) is 2.78. The van der Waals surface area contributed by atoms with Crippen LogP contribution in [0.25, 0.3) is 0 Å². The number of ether oxygens (including phenoxy) is 1. The molecule has 1 aromatic carbocycles. The zero-order valence-corrected chi connectivity index (χ0v) is 12.3. The first kappa shape index (κ1) is 13.6. The quantitative estimate of drug-likeness (QED) is 0.753. The topological polar surface area (TPSA) is 9.23 Å². The highest BCUT2D eigenvalue weighted by molar-refractivity contribution is 6.15. The molecule has 0 aromatic heterocycles. The molecule has 0 spiro atoms. The first-order valence-electron chi connectivity index (χ1n) is 6.19. The van der Waals surface area contributed by atoms with Crippen molar-refractivity contribution in [2.45, 2.75) is 36.6 Å². The second-order valence-electron chi connectivity index (χ2n) is 5.00. The molecule has 0 aliphatic carbocycles. The number of halogens is 3. The minimum Gasteiger partial charge on any atom is -0.379 e. The summed E-state index contributed by atoms with van der Waals surface area (Å²) in [6, 6.07) is 8.15. The molecule has 18 heavy (non-hydrogen) atoms. The Kier molecular flexibility index (Phi) is 3.82. The van der Waals surface area contributed by atoms with Gasteiger partial charge in [-0.3, -0.25) is 0 Å². The summed E-state index contributed by atoms with van der Waals surface area (Å²) in [5.74, 6) is -1.49. The van der Waals surface area contributed by atoms with Crippen molar-refractivity contribution in [3.05, 3.63) is 35.9 Å². The van der Waals surface area contributed by atoms with Crippen molar-refractivity contribution in [3.63, 3.8) is 0 Å². The predicted molar refractivity (Wildman–Crippen MR) is 67.7 cm³/mol. The maximum atomic E-state index is 13.4. The van der Waals surface area contributed by atoms with Crippen LogP contribution >= 0.6 is 0 Å². The number of benzene rings is 1. The second kappa shape index (κ2) is 5.05. The predicted octanol–water partition coefficient (Wildman–Crippen LogP) is 2.59. The summed E-state index contributed by atoms with van der Waals surface area (Å²) in [4.78, 5) is 0. The maximum absolute atomic E-state index is 13.4. The molecule has 2 atom stereocenters. The molecule has 0 radical (unpaired) electrons. The van der Waals surface area contributed by atoms with Crippen molar-refractivity contribution in [3.8, 4) is 0 Å². The smallest absolute Gasteiger partial charge is 0.379 e. The van der Waals surface area contributed by atoms with E-state index in [1.807, 2.05) is 0 Å². The normalized spacial score (nSPS) is 27.1. The summed E-state index contributed by atoms with van der Waals surface area (Å²) in [5, 5.41) is -1.00. The molecule has 1 aromatic rings. The highest BCUT2D eigenvalue weighted by Crippen LogP contribution is 2.46. The van der Waals surface area contributed by atoms with Crippen LogP contribution in [0, 0.1) is 0 Å². The zero-order chi connectivity index (χ0) is 13.2. The molecule has 1 heterocycles. The summed E-state index contributed by atoms with van der Waals surface area (Å²) in [7, 11) is 0.387. The van der Waals surface area contributed by atoms with Crippen molar-refractivity contribution < 1.29 is 17.9 Å². The van der Waals surface area contributed by atoms with Crippen molar-refractivity contribution >= 4 is 10.2 Å². The van der Waals surface area contributed by atoms with E-state index in [1.54, 1.807) is 30.3 Å². The zero-order valence-electron chi connectivity index (χ0n) is 10.3. The van der Waals surface area contributed by atoms with Crippen molar-refractivity contribution in [2.75, 3.05) is 6.61 Å². The standard InChI is InChI=1S/C13H17F3OSi/c14-13(15,16)11(10-6-2-1-3-7-10)12(18)8-4-5-9-17-12/h1-3,6-7,11H,4-5,8-9H2,18H3. The first-order chi connectivity index (χ1) is 8.43. The molecule has 0 saturated carbocycles. The third-order valence-electron chi connectivity index (χ3n) is 3.57. The minimum atomic E-state index is -4.25. The fourth-order valence-electron chi connectivity index (χ4n) is 2.72. The van der Waals surface area contributed by atoms with Gasteiger partial charge in [0.1, 0.15) is 5.92 Å². The molecule has 5 heteroatoms. The molecule has 1 aliphatic heterocycles. The molecule has 100 valence electrons. The lowest BCUT2D eigenvalue weighted by molar-refractivity contribution is -0.195. The van der Waals surface area contributed by atoms with Gasteiger partial charge in [0.15, 0.2) is 0 Å². The minimum absolute atomic E-state index is 0.321. The lowest BCUT2D eigenvalue weighted by Crippen LogP contribution is -2.48. The molecular formula is C13H17F3OSi. The lowest BCUT2D eigenvalue weighted by atomic mass is 9.87. The molecule has 0 bridgehead atoms. The van der Waals surface area contributed by atoms with Crippen LogP contribution < -0.4 is 0 Å². The number of hydrogen-bond acceptors (Lipinski definition) is 1. The number of alkyl halides is 3. The molecule has 1 fully saturated rings. The van der Waals surface area contributed by atoms with E-state index in [2.05, 4.69) is 0 Å². The summed E-state index contributed by atoms with van der Waals surface area (Å²) in [6.07, 6.45) is -2.05. The molecule has 2 rings (SSSR count). The summed E-state index contributed by atoms with van der Waals surface area (Å²) in [6.45, 7) is 0.447. The van der Waals surface area contributed by atoms with E-state index in [1.165, 1.54) is 0 Å². The van der Waals surface area contributed by atoms with E-state index in [0.29, 0.717) is 28.8 Å². The van der Waals surface area contributed by atoms with Gasteiger partial charge in [0.25, 0.3) is 0 Å². The van der Waals surface area contributed by atoms with Gasteiger partial charge in [0.05, 0.1) is 5.22 Å². The fourth-order valence-corrected chi connectivity index (χ4v) is 3.93. The van der Waals surface area contributed by atoms with Crippen LogP contribution in [-0.4, -0.2) is 28.2 Å². The van der Waals surface area contributed by atoms with Gasteiger partial charge in [0, 0.05) is 16.8 Å². The third-order valence-corrected chi connectivity index (χ3v) is 4.94. The summed E-state index contributed by atoms with van der Waals surface area (Å²) >= 11 is 0. The highest BCUT2D eigenvalue weighted by atomic mass is 28.1. The lowest BCUT2D eigenvalue weighted by Gasteiger charge is -2.41. The van der Waals surface area contributed by atoms with E-state index < -0.39 is 17.3 Å². The van der Waals surface area contributed by atoms with E-state index in [9.17, 15) is 13.2 Å². The van der Waals surface area contributed by atoms with E-state index >= 15 is 0 Å². The maximum Gasteiger partial charge on any atom is 0.398 e. The Balaban J connectivity index is 2.37. The Morgan fingerprint density at radius 1 is 1.17 bits per heavy atom. The van der Waals surface area contributed by atoms with E-state index in [4.69, 9.17) is 4.74 Å². The van der Waals surface area contributed by atoms with E-state index in [0.717, 1.165) is 12.8 Å². The SMILES string of the molecule is FC(F)(F)C(c1ccccc1)C1([SiH3])CCCCO1. The number of rotatable bonds is 2. The highest BCUT2D eigenvalue weighted by Gasteiger charge is 2.52. The largest absolute Gasteiger partial charge is 0.398 e. The Hall–Kier alpha value is -0.813. The average Bonchev–Trinajstić information content (AvgIpc) is 2.29. The van der Waals surface area contributed by atoms with Crippen LogP contribution in [-0.2, 0) is 4.74 Å². The molecule has 0 amide bonds. The van der Waals surface area contributed by atoms with E-state index in [-0.39, 0.29) is 0 Å². The van der Waals surface area contributed by atoms with Gasteiger partial charge >= 0.3 is 6.18 Å². The van der Waals surface area contributed by atoms with Gasteiger partial charge in [-0.25, -0.2) is 0 Å². The van der Waals surface area contributed by atoms with Crippen LogP contribution in [0.1, 0.15) is 30.7 Å². The Labute approximate surface area is 108 Å². The van der Waals surface area contributed by atoms with Crippen LogP contribution in [0.2, 0.25) is 0 Å².